The minimum absolute atomic E-state index is 0.305. The Morgan fingerprint density at radius 2 is 1.94 bits per heavy atom. The quantitative estimate of drug-likeness (QED) is 0.609. The van der Waals surface area contributed by atoms with Gasteiger partial charge in [-0.15, -0.1) is 0 Å². The van der Waals surface area contributed by atoms with Crippen molar-refractivity contribution in [3.8, 4) is 11.3 Å². The van der Waals surface area contributed by atoms with E-state index >= 15 is 0 Å². The summed E-state index contributed by atoms with van der Waals surface area (Å²) in [6.45, 7) is 3.22. The van der Waals surface area contributed by atoms with Gasteiger partial charge in [0.05, 0.1) is 12.8 Å². The maximum Gasteiger partial charge on any atom is 0.409 e. The Morgan fingerprint density at radius 3 is 2.74 bits per heavy atom. The van der Waals surface area contributed by atoms with Crippen molar-refractivity contribution in [2.24, 2.45) is 0 Å². The van der Waals surface area contributed by atoms with Crippen LogP contribution in [0.4, 0.5) is 10.7 Å². The minimum Gasteiger partial charge on any atom is -0.453 e. The van der Waals surface area contributed by atoms with Gasteiger partial charge >= 0.3 is 6.09 Å². The van der Waals surface area contributed by atoms with Gasteiger partial charge in [0.2, 0.25) is 5.95 Å². The first-order chi connectivity index (χ1) is 15.0. The summed E-state index contributed by atoms with van der Waals surface area (Å²) in [4.78, 5) is 27.1. The van der Waals surface area contributed by atoms with Crippen molar-refractivity contribution >= 4 is 22.8 Å². The fourth-order valence-electron chi connectivity index (χ4n) is 4.03. The molecule has 7 heteroatoms. The number of aromatic nitrogens is 2. The predicted molar refractivity (Wildman–Crippen MR) is 123 cm³/mol. The highest BCUT2D eigenvalue weighted by Gasteiger charge is 2.27. The molecule has 1 atom stereocenters. The van der Waals surface area contributed by atoms with Gasteiger partial charge in [-0.2, -0.15) is 0 Å². The first kappa shape index (κ1) is 21.1. The second-order valence-electron chi connectivity index (χ2n) is 8.06. The highest BCUT2D eigenvalue weighted by atomic mass is 16.5. The number of hydrogen-bond acceptors (Lipinski definition) is 6. The number of amides is 1. The molecule has 1 aromatic heterocycles. The first-order valence-corrected chi connectivity index (χ1v) is 10.6. The highest BCUT2D eigenvalue weighted by molar-refractivity contribution is 5.86. The molecule has 2 aromatic carbocycles. The van der Waals surface area contributed by atoms with Crippen molar-refractivity contribution in [3.05, 3.63) is 54.7 Å². The Balaban J connectivity index is 1.42. The van der Waals surface area contributed by atoms with Crippen LogP contribution in [0.1, 0.15) is 6.42 Å². The molecule has 31 heavy (non-hydrogen) atoms. The average molecular weight is 420 g/mol. The number of anilines is 1. The van der Waals surface area contributed by atoms with Crippen molar-refractivity contribution in [3.63, 3.8) is 0 Å². The molecule has 2 heterocycles. The molecule has 7 nitrogen and oxygen atoms in total. The molecular formula is C24H29N5O2. The third-order valence-corrected chi connectivity index (χ3v) is 6.03. The zero-order valence-electron chi connectivity index (χ0n) is 18.4. The van der Waals surface area contributed by atoms with Gasteiger partial charge < -0.3 is 14.5 Å². The van der Waals surface area contributed by atoms with Crippen molar-refractivity contribution < 1.29 is 9.53 Å². The van der Waals surface area contributed by atoms with Crippen LogP contribution in [0, 0.1) is 0 Å². The molecule has 0 saturated carbocycles. The second-order valence-corrected chi connectivity index (χ2v) is 8.06. The molecule has 0 radical (unpaired) electrons. The van der Waals surface area contributed by atoms with E-state index in [0.717, 1.165) is 43.3 Å². The monoisotopic (exact) mass is 419 g/mol. The van der Waals surface area contributed by atoms with E-state index in [-0.39, 0.29) is 6.09 Å². The third-order valence-electron chi connectivity index (χ3n) is 6.03. The number of hydrogen-bond donors (Lipinski definition) is 0. The molecule has 1 fully saturated rings. The molecule has 4 rings (SSSR count). The molecule has 0 aliphatic carbocycles. The maximum absolute atomic E-state index is 11.6. The molecule has 1 aliphatic heterocycles. The summed E-state index contributed by atoms with van der Waals surface area (Å²) in [7, 11) is 5.27. The largest absolute Gasteiger partial charge is 0.453 e. The van der Waals surface area contributed by atoms with Crippen LogP contribution in [0.2, 0.25) is 0 Å². The summed E-state index contributed by atoms with van der Waals surface area (Å²) in [6.07, 6.45) is 2.58. The van der Waals surface area contributed by atoms with Crippen LogP contribution in [-0.4, -0.2) is 79.3 Å². The number of benzene rings is 2. The van der Waals surface area contributed by atoms with Crippen LogP contribution in [0.25, 0.3) is 22.0 Å². The van der Waals surface area contributed by atoms with E-state index in [1.807, 2.05) is 12.3 Å². The normalized spacial score (nSPS) is 16.1. The predicted octanol–water partition coefficient (Wildman–Crippen LogP) is 3.51. The van der Waals surface area contributed by atoms with E-state index in [4.69, 9.17) is 9.72 Å². The number of ether oxygens (including phenoxy) is 1. The average Bonchev–Trinajstić information content (AvgIpc) is 3.32. The van der Waals surface area contributed by atoms with Gasteiger partial charge in [-0.05, 0) is 36.4 Å². The standard InChI is InChI=1S/C24H29N5O2/c1-27(14-15-28(2)24(30)31-3)21-11-13-29(17-21)23-25-12-10-22(26-23)20-9-8-18-6-4-5-7-19(18)16-20/h4-10,12,16,21H,11,13-15,17H2,1-3H3/t21-/m1/s1. The Kier molecular flexibility index (Phi) is 6.32. The van der Waals surface area contributed by atoms with Crippen molar-refractivity contribution in [1.82, 2.24) is 19.8 Å². The number of carbonyl (C=O) groups excluding carboxylic acids is 1. The van der Waals surface area contributed by atoms with E-state index < -0.39 is 0 Å². The fourth-order valence-corrected chi connectivity index (χ4v) is 4.03. The summed E-state index contributed by atoms with van der Waals surface area (Å²) in [5.74, 6) is 0.772. The lowest BCUT2D eigenvalue weighted by atomic mass is 10.1. The number of fused-ring (bicyclic) bond motifs is 1. The lowest BCUT2D eigenvalue weighted by Crippen LogP contribution is -2.40. The minimum atomic E-state index is -0.305. The molecule has 1 saturated heterocycles. The SMILES string of the molecule is COC(=O)N(C)CCN(C)[C@@H]1CCN(c2nccc(-c3ccc4ccccc4c3)n2)C1. The van der Waals surface area contributed by atoms with Gasteiger partial charge in [-0.3, -0.25) is 4.90 Å². The Morgan fingerprint density at radius 1 is 1.13 bits per heavy atom. The Hall–Kier alpha value is -3.19. The summed E-state index contributed by atoms with van der Waals surface area (Å²) >= 11 is 0. The zero-order valence-corrected chi connectivity index (χ0v) is 18.4. The molecule has 162 valence electrons. The van der Waals surface area contributed by atoms with E-state index in [1.54, 1.807) is 11.9 Å². The van der Waals surface area contributed by atoms with Crippen LogP contribution in [0.3, 0.4) is 0 Å². The van der Waals surface area contributed by atoms with Crippen molar-refractivity contribution in [2.75, 3.05) is 52.3 Å². The van der Waals surface area contributed by atoms with E-state index in [1.165, 1.54) is 17.9 Å². The van der Waals surface area contributed by atoms with Crippen LogP contribution in [-0.2, 0) is 4.74 Å². The molecule has 1 aliphatic rings. The molecule has 3 aromatic rings. The summed E-state index contributed by atoms with van der Waals surface area (Å²) in [5, 5.41) is 2.43. The molecule has 0 spiro atoms. The van der Waals surface area contributed by atoms with Crippen LogP contribution < -0.4 is 4.90 Å². The van der Waals surface area contributed by atoms with Gasteiger partial charge in [-0.25, -0.2) is 14.8 Å². The highest BCUT2D eigenvalue weighted by Crippen LogP contribution is 2.25. The number of nitrogens with zero attached hydrogens (tertiary/aromatic N) is 5. The Bertz CT molecular complexity index is 1060. The lowest BCUT2D eigenvalue weighted by Gasteiger charge is -2.26. The lowest BCUT2D eigenvalue weighted by molar-refractivity contribution is 0.126. The number of likely N-dealkylation sites (N-methyl/N-ethyl adjacent to an activating group) is 2. The third kappa shape index (κ3) is 4.77. The summed E-state index contributed by atoms with van der Waals surface area (Å²) in [5.41, 5.74) is 2.04. The molecule has 1 amide bonds. The number of rotatable bonds is 6. The van der Waals surface area contributed by atoms with E-state index in [0.29, 0.717) is 12.6 Å². The topological polar surface area (TPSA) is 61.8 Å². The zero-order chi connectivity index (χ0) is 21.8. The number of carbonyl (C=O) groups is 1. The summed E-state index contributed by atoms with van der Waals surface area (Å²) < 4.78 is 4.76. The van der Waals surface area contributed by atoms with Crippen molar-refractivity contribution in [1.29, 1.82) is 0 Å². The maximum atomic E-state index is 11.6. The first-order valence-electron chi connectivity index (χ1n) is 10.6. The van der Waals surface area contributed by atoms with Gasteiger partial charge in [0, 0.05) is 51.0 Å². The molecule has 0 bridgehead atoms. The van der Waals surface area contributed by atoms with Gasteiger partial charge in [0.25, 0.3) is 0 Å². The fraction of sp³-hybridized carbons (Fsp3) is 0.375. The molecule has 0 N–H and O–H groups in total. The summed E-state index contributed by atoms with van der Waals surface area (Å²) in [6, 6.07) is 17.2. The van der Waals surface area contributed by atoms with E-state index in [2.05, 4.69) is 64.3 Å². The number of methoxy groups -OCH3 is 1. The van der Waals surface area contributed by atoms with Crippen molar-refractivity contribution in [2.45, 2.75) is 12.5 Å². The van der Waals surface area contributed by atoms with Crippen LogP contribution in [0.5, 0.6) is 0 Å². The smallest absolute Gasteiger partial charge is 0.409 e. The van der Waals surface area contributed by atoms with E-state index in [9.17, 15) is 4.79 Å². The second kappa shape index (κ2) is 9.31. The van der Waals surface area contributed by atoms with Crippen LogP contribution >= 0.6 is 0 Å². The van der Waals surface area contributed by atoms with Gasteiger partial charge in [-0.1, -0.05) is 36.4 Å². The van der Waals surface area contributed by atoms with Gasteiger partial charge in [0.1, 0.15) is 0 Å². The molecule has 0 unspecified atom stereocenters. The van der Waals surface area contributed by atoms with Crippen LogP contribution in [0.15, 0.2) is 54.7 Å². The molecular weight excluding hydrogens is 390 g/mol. The van der Waals surface area contributed by atoms with Gasteiger partial charge in [0.15, 0.2) is 0 Å². The Labute approximate surface area is 183 Å².